The molecule has 8 aromatic rings. The number of aromatic amines is 2. The molecule has 0 unspecified atom stereocenters. The van der Waals surface area contributed by atoms with E-state index in [2.05, 4.69) is 133 Å². The van der Waals surface area contributed by atoms with Crippen LogP contribution in [-0.2, 0) is 9.47 Å². The van der Waals surface area contributed by atoms with Crippen molar-refractivity contribution in [1.82, 2.24) is 29.7 Å². The van der Waals surface area contributed by atoms with Crippen molar-refractivity contribution in [2.45, 2.75) is 104 Å². The molecule has 4 heterocycles. The van der Waals surface area contributed by atoms with Crippen molar-refractivity contribution >= 4 is 55.8 Å². The number of H-pyrrole nitrogens is 2. The first-order valence-electron chi connectivity index (χ1n) is 22.6. The van der Waals surface area contributed by atoms with Crippen molar-refractivity contribution in [3.05, 3.63) is 121 Å². The summed E-state index contributed by atoms with van der Waals surface area (Å²) in [6.07, 6.45) is 2.00. The van der Waals surface area contributed by atoms with Gasteiger partial charge in [-0.05, 0) is 177 Å². The van der Waals surface area contributed by atoms with Crippen LogP contribution < -0.4 is 0 Å². The van der Waals surface area contributed by atoms with Crippen molar-refractivity contribution in [2.75, 3.05) is 6.54 Å². The second kappa shape index (κ2) is 15.5. The maximum absolute atomic E-state index is 13.2. The van der Waals surface area contributed by atoms with Gasteiger partial charge in [-0.15, -0.1) is 0 Å². The average Bonchev–Trinajstić information content (AvgIpc) is 4.05. The van der Waals surface area contributed by atoms with E-state index in [0.29, 0.717) is 12.5 Å². The smallest absolute Gasteiger partial charge is 0.411 e. The average molecular weight is 853 g/mol. The number of carbonyl (C=O) groups excluding carboxylic acids is 2. The first kappa shape index (κ1) is 41.3. The summed E-state index contributed by atoms with van der Waals surface area (Å²) in [6, 6.07) is 39.1. The summed E-state index contributed by atoms with van der Waals surface area (Å²) in [5, 5.41) is 4.70. The zero-order valence-corrected chi connectivity index (χ0v) is 38.0. The molecule has 0 spiro atoms. The molecule has 326 valence electrons. The van der Waals surface area contributed by atoms with Gasteiger partial charge < -0.3 is 19.4 Å². The number of benzene rings is 6. The number of nitrogens with zero attached hydrogens (tertiary/aromatic N) is 4. The predicted molar refractivity (Wildman–Crippen MR) is 256 cm³/mol. The minimum atomic E-state index is -0.560. The summed E-state index contributed by atoms with van der Waals surface area (Å²) in [5.41, 5.74) is 9.35. The lowest BCUT2D eigenvalue weighted by molar-refractivity contribution is 0.0150. The topological polar surface area (TPSA) is 116 Å². The molecule has 6 aromatic carbocycles. The van der Waals surface area contributed by atoms with Gasteiger partial charge >= 0.3 is 12.2 Å². The Morgan fingerprint density at radius 1 is 0.547 bits per heavy atom. The Morgan fingerprint density at radius 3 is 1.41 bits per heavy atom. The molecule has 2 N–H and O–H groups in total. The molecule has 10 rings (SSSR count). The zero-order valence-electron chi connectivity index (χ0n) is 38.0. The van der Waals surface area contributed by atoms with Gasteiger partial charge in [0.05, 0.1) is 34.2 Å². The van der Waals surface area contributed by atoms with Crippen LogP contribution >= 0.6 is 0 Å². The number of likely N-dealkylation sites (tertiary alicyclic amines) is 2. The molecule has 64 heavy (non-hydrogen) atoms. The molecule has 2 aliphatic rings. The fourth-order valence-corrected chi connectivity index (χ4v) is 9.65. The van der Waals surface area contributed by atoms with Crippen molar-refractivity contribution in [2.24, 2.45) is 5.92 Å². The van der Waals surface area contributed by atoms with Gasteiger partial charge in [0, 0.05) is 12.6 Å². The number of carbonyl (C=O) groups is 2. The largest absolute Gasteiger partial charge is 0.444 e. The number of ether oxygens (including phenoxy) is 2. The van der Waals surface area contributed by atoms with E-state index in [9.17, 15) is 9.59 Å². The number of aromatic nitrogens is 4. The Bertz CT molecular complexity index is 2950. The molecule has 2 aromatic heterocycles. The molecule has 2 fully saturated rings. The number of fused-ring (bicyclic) bond motifs is 4. The van der Waals surface area contributed by atoms with E-state index in [4.69, 9.17) is 19.4 Å². The summed E-state index contributed by atoms with van der Waals surface area (Å²) in [7, 11) is 0. The van der Waals surface area contributed by atoms with E-state index in [1.54, 1.807) is 0 Å². The maximum Gasteiger partial charge on any atom is 0.411 e. The molecule has 2 amide bonds. The van der Waals surface area contributed by atoms with Crippen molar-refractivity contribution in [3.8, 4) is 33.4 Å². The van der Waals surface area contributed by atoms with Crippen LogP contribution in [0.25, 0.3) is 77.0 Å². The van der Waals surface area contributed by atoms with Crippen LogP contribution in [-0.4, -0.2) is 65.7 Å². The van der Waals surface area contributed by atoms with E-state index >= 15 is 0 Å². The second-order valence-corrected chi connectivity index (χ2v) is 20.1. The molecular weight excluding hydrogens is 797 g/mol. The summed E-state index contributed by atoms with van der Waals surface area (Å²) >= 11 is 0. The fourth-order valence-electron chi connectivity index (χ4n) is 9.65. The lowest BCUT2D eigenvalue weighted by Gasteiger charge is -2.30. The van der Waals surface area contributed by atoms with Crippen molar-refractivity contribution < 1.29 is 19.1 Å². The first-order valence-corrected chi connectivity index (χ1v) is 22.6. The molecule has 0 radical (unpaired) electrons. The van der Waals surface area contributed by atoms with Gasteiger partial charge in [-0.3, -0.25) is 9.80 Å². The lowest BCUT2D eigenvalue weighted by atomic mass is 9.95. The molecule has 2 aliphatic heterocycles. The van der Waals surface area contributed by atoms with E-state index in [1.807, 2.05) is 51.3 Å². The summed E-state index contributed by atoms with van der Waals surface area (Å²) < 4.78 is 11.5. The van der Waals surface area contributed by atoms with Gasteiger partial charge in [-0.1, -0.05) is 67.6 Å². The number of hydrogen-bond donors (Lipinski definition) is 2. The third kappa shape index (κ3) is 8.06. The molecule has 10 heteroatoms. The lowest BCUT2D eigenvalue weighted by Crippen LogP contribution is -2.40. The van der Waals surface area contributed by atoms with Gasteiger partial charge in [-0.2, -0.15) is 0 Å². The normalized spacial score (nSPS) is 19.4. The Kier molecular flexibility index (Phi) is 10.0. The summed E-state index contributed by atoms with van der Waals surface area (Å²) in [4.78, 5) is 46.9. The van der Waals surface area contributed by atoms with Crippen LogP contribution in [0.3, 0.4) is 0 Å². The third-order valence-electron chi connectivity index (χ3n) is 12.7. The van der Waals surface area contributed by atoms with Gasteiger partial charge in [0.15, 0.2) is 0 Å². The van der Waals surface area contributed by atoms with E-state index in [1.165, 1.54) is 32.7 Å². The Labute approximate surface area is 374 Å². The minimum absolute atomic E-state index is 0.0804. The summed E-state index contributed by atoms with van der Waals surface area (Å²) in [6.45, 7) is 16.3. The van der Waals surface area contributed by atoms with Gasteiger partial charge in [0.1, 0.15) is 22.9 Å². The Hall–Kier alpha value is -6.68. The van der Waals surface area contributed by atoms with Gasteiger partial charge in [-0.25, -0.2) is 19.6 Å². The second-order valence-electron chi connectivity index (χ2n) is 20.1. The molecule has 2 saturated heterocycles. The van der Waals surface area contributed by atoms with Crippen molar-refractivity contribution in [3.63, 3.8) is 0 Å². The molecular formula is C54H56N6O4. The monoisotopic (exact) mass is 852 g/mol. The van der Waals surface area contributed by atoms with Crippen LogP contribution in [0.5, 0.6) is 0 Å². The molecule has 10 nitrogen and oxygen atoms in total. The fraction of sp³-hybridized carbons (Fsp3) is 0.333. The van der Waals surface area contributed by atoms with Gasteiger partial charge in [0.25, 0.3) is 0 Å². The molecule has 0 saturated carbocycles. The van der Waals surface area contributed by atoms with Crippen LogP contribution in [0.2, 0.25) is 0 Å². The molecule has 0 aliphatic carbocycles. The third-order valence-corrected chi connectivity index (χ3v) is 12.7. The highest BCUT2D eigenvalue weighted by Crippen LogP contribution is 2.39. The first-order chi connectivity index (χ1) is 30.5. The Morgan fingerprint density at radius 2 is 0.953 bits per heavy atom. The SMILES string of the molecule is C[C@@H]1C[C@@H](c2nc3ccc(-c4ccc5cc(-c6ccc7cc(-c8ccc9nc([C@@H]%10CC[C@@H](C)N%10C(=O)OC(C)(C)C)[nH]c9c8)ccc7c6)ccc5c4)cc3[nH]2)N(C(=O)OC(C)(C)C)C1. The van der Waals surface area contributed by atoms with E-state index < -0.39 is 11.2 Å². The number of nitrogens with one attached hydrogen (secondary N) is 2. The highest BCUT2D eigenvalue weighted by Gasteiger charge is 2.40. The standard InChI is InChI=1S/C54H56N6O4/c1-31-23-48(59(30-31)51(61)63-53(3,4)5)50-56-44-21-19-42(29-46(44)58-50)40-17-15-36-25-34(11-13-38(36)27-40)33-10-12-37-26-39(16-14-35(37)24-33)41-18-20-43-45(28-41)57-49(55-43)47-22-9-32(2)60(47)52(62)64-54(6,7)8/h10-21,24-29,31-32,47-48H,9,22-23,30H2,1-8H3,(H,55,57)(H,56,58)/t31-,32-,47+,48+/m1/s1. The van der Waals surface area contributed by atoms with E-state index in [-0.39, 0.29) is 30.3 Å². The predicted octanol–water partition coefficient (Wildman–Crippen LogP) is 13.5. The van der Waals surface area contributed by atoms with Crippen LogP contribution in [0.4, 0.5) is 9.59 Å². The van der Waals surface area contributed by atoms with Crippen LogP contribution in [0.15, 0.2) is 109 Å². The highest BCUT2D eigenvalue weighted by molar-refractivity contribution is 5.95. The zero-order chi connectivity index (χ0) is 44.7. The number of hydrogen-bond acceptors (Lipinski definition) is 6. The highest BCUT2D eigenvalue weighted by atomic mass is 16.6. The number of imidazole rings is 2. The Balaban J connectivity index is 0.857. The summed E-state index contributed by atoms with van der Waals surface area (Å²) in [5.74, 6) is 1.96. The van der Waals surface area contributed by atoms with Crippen molar-refractivity contribution in [1.29, 1.82) is 0 Å². The quantitative estimate of drug-likeness (QED) is 0.178. The van der Waals surface area contributed by atoms with Crippen LogP contribution in [0, 0.1) is 5.92 Å². The number of amides is 2. The molecule has 4 atom stereocenters. The van der Waals surface area contributed by atoms with Gasteiger partial charge in [0.2, 0.25) is 0 Å². The maximum atomic E-state index is 13.2. The van der Waals surface area contributed by atoms with E-state index in [0.717, 1.165) is 75.2 Å². The number of rotatable bonds is 5. The molecule has 0 bridgehead atoms. The van der Waals surface area contributed by atoms with Crippen LogP contribution in [0.1, 0.15) is 98.4 Å². The minimum Gasteiger partial charge on any atom is -0.444 e.